The molecule has 0 aromatic carbocycles. The predicted octanol–water partition coefficient (Wildman–Crippen LogP) is 5.08. The zero-order valence-electron chi connectivity index (χ0n) is 21.9. The van der Waals surface area contributed by atoms with Crippen molar-refractivity contribution in [1.82, 2.24) is 0 Å². The monoisotopic (exact) mass is 474 g/mol. The fourth-order valence-electron chi connectivity index (χ4n) is 8.91. The molecule has 4 aliphatic carbocycles. The molecule has 4 saturated carbocycles. The Kier molecular flexibility index (Phi) is 7.12. The molecule has 10 atom stereocenters. The maximum absolute atomic E-state index is 13.4. The molecule has 0 aliphatic heterocycles. The van der Waals surface area contributed by atoms with E-state index in [-0.39, 0.29) is 23.6 Å². The lowest BCUT2D eigenvalue weighted by Gasteiger charge is -2.63. The minimum absolute atomic E-state index is 0.0163. The zero-order chi connectivity index (χ0) is 24.9. The SMILES string of the molecule is CC(=O)OC[C@@H](C)CC=C[C@@H](C)[C@H]1CC[C@H]2[C@@H]3CC(=O)[C@@]4(O)C[C@@H](O)CC[C@]4(C)[C@H]3CC[C@]12C. The first-order valence-corrected chi connectivity index (χ1v) is 13.7. The molecule has 4 fully saturated rings. The Labute approximate surface area is 205 Å². The van der Waals surface area contributed by atoms with Gasteiger partial charge in [0.2, 0.25) is 0 Å². The third-order valence-electron chi connectivity index (χ3n) is 10.9. The average molecular weight is 475 g/mol. The van der Waals surface area contributed by atoms with Crippen LogP contribution in [-0.4, -0.2) is 40.3 Å². The molecule has 4 aliphatic rings. The fourth-order valence-corrected chi connectivity index (χ4v) is 8.91. The maximum Gasteiger partial charge on any atom is 0.302 e. The van der Waals surface area contributed by atoms with Gasteiger partial charge >= 0.3 is 5.97 Å². The molecule has 5 nitrogen and oxygen atoms in total. The van der Waals surface area contributed by atoms with Crippen LogP contribution in [0.4, 0.5) is 0 Å². The Morgan fingerprint density at radius 2 is 1.88 bits per heavy atom. The number of ketones is 1. The number of carbonyl (C=O) groups is 2. The number of carbonyl (C=O) groups excluding carboxylic acids is 2. The molecule has 0 unspecified atom stereocenters. The van der Waals surface area contributed by atoms with Gasteiger partial charge in [0.25, 0.3) is 0 Å². The lowest BCUT2D eigenvalue weighted by Crippen LogP contribution is -2.67. The van der Waals surface area contributed by atoms with Crippen molar-refractivity contribution in [2.75, 3.05) is 6.61 Å². The topological polar surface area (TPSA) is 83.8 Å². The maximum atomic E-state index is 13.4. The molecule has 0 aromatic heterocycles. The molecule has 0 amide bonds. The Hall–Kier alpha value is -1.20. The average Bonchev–Trinajstić information content (AvgIpc) is 3.12. The summed E-state index contributed by atoms with van der Waals surface area (Å²) in [4.78, 5) is 24.4. The predicted molar refractivity (Wildman–Crippen MR) is 132 cm³/mol. The van der Waals surface area contributed by atoms with Gasteiger partial charge in [0.15, 0.2) is 5.78 Å². The molecule has 0 saturated heterocycles. The fraction of sp³-hybridized carbons (Fsp3) is 0.862. The quantitative estimate of drug-likeness (QED) is 0.414. The van der Waals surface area contributed by atoms with E-state index in [0.29, 0.717) is 55.0 Å². The molecule has 5 heteroatoms. The van der Waals surface area contributed by atoms with Crippen molar-refractivity contribution in [1.29, 1.82) is 0 Å². The molecular formula is C29H46O5. The summed E-state index contributed by atoms with van der Waals surface area (Å²) in [6.45, 7) is 11.0. The number of aliphatic hydroxyl groups excluding tert-OH is 1. The van der Waals surface area contributed by atoms with Gasteiger partial charge in [-0.3, -0.25) is 9.59 Å². The number of aliphatic hydroxyl groups is 2. The van der Waals surface area contributed by atoms with Crippen molar-refractivity contribution in [3.8, 4) is 0 Å². The number of hydrogen-bond acceptors (Lipinski definition) is 5. The van der Waals surface area contributed by atoms with Crippen LogP contribution >= 0.6 is 0 Å². The molecule has 192 valence electrons. The minimum atomic E-state index is -1.35. The van der Waals surface area contributed by atoms with Crippen LogP contribution in [-0.2, 0) is 14.3 Å². The van der Waals surface area contributed by atoms with E-state index in [1.54, 1.807) is 0 Å². The number of fused-ring (bicyclic) bond motifs is 5. The minimum Gasteiger partial charge on any atom is -0.466 e. The van der Waals surface area contributed by atoms with Crippen LogP contribution < -0.4 is 0 Å². The first-order valence-electron chi connectivity index (χ1n) is 13.7. The van der Waals surface area contributed by atoms with E-state index in [0.717, 1.165) is 25.7 Å². The second-order valence-corrected chi connectivity index (χ2v) is 12.8. The highest BCUT2D eigenvalue weighted by Crippen LogP contribution is 2.68. The van der Waals surface area contributed by atoms with Crippen molar-refractivity contribution < 1.29 is 24.5 Å². The smallest absolute Gasteiger partial charge is 0.302 e. The highest BCUT2D eigenvalue weighted by atomic mass is 16.5. The molecule has 0 spiro atoms. The number of rotatable bonds is 6. The van der Waals surface area contributed by atoms with Crippen LogP contribution in [0.3, 0.4) is 0 Å². The summed E-state index contributed by atoms with van der Waals surface area (Å²) < 4.78 is 5.13. The Balaban J connectivity index is 1.46. The van der Waals surface area contributed by atoms with Crippen molar-refractivity contribution in [2.45, 2.75) is 104 Å². The number of hydrogen-bond donors (Lipinski definition) is 2. The molecule has 0 heterocycles. The molecule has 2 N–H and O–H groups in total. The van der Waals surface area contributed by atoms with E-state index in [1.807, 2.05) is 0 Å². The Bertz CT molecular complexity index is 821. The summed E-state index contributed by atoms with van der Waals surface area (Å²) >= 11 is 0. The van der Waals surface area contributed by atoms with Gasteiger partial charge < -0.3 is 14.9 Å². The van der Waals surface area contributed by atoms with Crippen LogP contribution in [0.1, 0.15) is 92.4 Å². The summed E-state index contributed by atoms with van der Waals surface area (Å²) in [6, 6.07) is 0. The van der Waals surface area contributed by atoms with E-state index in [1.165, 1.54) is 19.8 Å². The third-order valence-corrected chi connectivity index (χ3v) is 10.9. The van der Waals surface area contributed by atoms with E-state index in [9.17, 15) is 19.8 Å². The molecule has 0 aromatic rings. The van der Waals surface area contributed by atoms with Crippen LogP contribution in [0, 0.1) is 46.3 Å². The summed E-state index contributed by atoms with van der Waals surface area (Å²) in [5.74, 6) is 2.42. The Morgan fingerprint density at radius 1 is 1.15 bits per heavy atom. The number of ether oxygens (including phenoxy) is 1. The van der Waals surface area contributed by atoms with Crippen LogP contribution in [0.5, 0.6) is 0 Å². The molecule has 0 radical (unpaired) electrons. The van der Waals surface area contributed by atoms with Crippen molar-refractivity contribution >= 4 is 11.8 Å². The van der Waals surface area contributed by atoms with Gasteiger partial charge in [0, 0.05) is 25.2 Å². The van der Waals surface area contributed by atoms with Gasteiger partial charge in [-0.05, 0) is 85.9 Å². The lowest BCUT2D eigenvalue weighted by atomic mass is 9.42. The Morgan fingerprint density at radius 3 is 2.59 bits per heavy atom. The van der Waals surface area contributed by atoms with E-state index >= 15 is 0 Å². The van der Waals surface area contributed by atoms with E-state index in [4.69, 9.17) is 4.74 Å². The standard InChI is InChI=1S/C29H46O5/c1-18(17-34-20(3)30)7-6-8-19(2)23-9-10-24-22-15-26(32)29(33)16-21(31)11-14-28(29,5)25(22)12-13-27(23,24)4/h6,8,18-19,21-25,31,33H,7,9-17H2,1-5H3/t18-,19+,21-,22-,23+,24-,25-,27+,28+,29-/m0/s1. The highest BCUT2D eigenvalue weighted by Gasteiger charge is 2.67. The zero-order valence-corrected chi connectivity index (χ0v) is 21.9. The summed E-state index contributed by atoms with van der Waals surface area (Å²) in [7, 11) is 0. The molecule has 4 rings (SSSR count). The van der Waals surface area contributed by atoms with Gasteiger partial charge in [-0.2, -0.15) is 0 Å². The first-order chi connectivity index (χ1) is 15.9. The van der Waals surface area contributed by atoms with Crippen molar-refractivity contribution in [2.24, 2.45) is 46.3 Å². The van der Waals surface area contributed by atoms with Crippen LogP contribution in [0.2, 0.25) is 0 Å². The van der Waals surface area contributed by atoms with Gasteiger partial charge in [-0.25, -0.2) is 0 Å². The van der Waals surface area contributed by atoms with E-state index in [2.05, 4.69) is 39.8 Å². The number of esters is 1. The van der Waals surface area contributed by atoms with Gasteiger partial charge in [-0.15, -0.1) is 0 Å². The van der Waals surface area contributed by atoms with Crippen LogP contribution in [0.25, 0.3) is 0 Å². The summed E-state index contributed by atoms with van der Waals surface area (Å²) in [5, 5.41) is 21.8. The van der Waals surface area contributed by atoms with Gasteiger partial charge in [0.1, 0.15) is 5.60 Å². The molecule has 34 heavy (non-hydrogen) atoms. The van der Waals surface area contributed by atoms with Gasteiger partial charge in [0.05, 0.1) is 12.7 Å². The van der Waals surface area contributed by atoms with Crippen molar-refractivity contribution in [3.63, 3.8) is 0 Å². The van der Waals surface area contributed by atoms with E-state index < -0.39 is 17.1 Å². The van der Waals surface area contributed by atoms with Gasteiger partial charge in [-0.1, -0.05) is 39.8 Å². The molecule has 0 bridgehead atoms. The summed E-state index contributed by atoms with van der Waals surface area (Å²) in [5.41, 5.74) is -1.53. The largest absolute Gasteiger partial charge is 0.466 e. The van der Waals surface area contributed by atoms with Crippen molar-refractivity contribution in [3.05, 3.63) is 12.2 Å². The summed E-state index contributed by atoms with van der Waals surface area (Å²) in [6.07, 6.45) is 11.7. The normalized spacial score (nSPS) is 45.9. The first kappa shape index (κ1) is 25.9. The number of allylic oxidation sites excluding steroid dienone is 2. The third kappa shape index (κ3) is 4.19. The second kappa shape index (κ2) is 9.35. The van der Waals surface area contributed by atoms with Crippen LogP contribution in [0.15, 0.2) is 12.2 Å². The number of Topliss-reactive ketones (excluding diaryl/α,β-unsaturated/α-hetero) is 1. The lowest BCUT2D eigenvalue weighted by molar-refractivity contribution is -0.213. The molecular weight excluding hydrogens is 428 g/mol. The second-order valence-electron chi connectivity index (χ2n) is 12.8. The highest BCUT2D eigenvalue weighted by molar-refractivity contribution is 5.89.